The number of aryl methyl sites for hydroxylation is 4. The molecule has 8 aliphatic carbocycles. The Balaban J connectivity index is 0.000000131. The average Bonchev–Trinajstić information content (AvgIpc) is 0.758. The van der Waals surface area contributed by atoms with Gasteiger partial charge in [0.2, 0.25) is 0 Å². The molecule has 3 heterocycles. The van der Waals surface area contributed by atoms with Crippen LogP contribution in [0.1, 0.15) is 235 Å². The fourth-order valence-electron chi connectivity index (χ4n) is 20.8. The monoisotopic (exact) mass is 2000 g/mol. The molecule has 2 atom stereocenters. The number of rotatable bonds is 6. The first kappa shape index (κ1) is 79.1. The molecule has 2 bridgehead atoms. The second-order valence-corrected chi connectivity index (χ2v) is 36.7. The molecule has 0 amide bonds. The number of hydrogen-bond donors (Lipinski definition) is 0. The van der Waals surface area contributed by atoms with Crippen LogP contribution in [0.5, 0.6) is 0 Å². The molecule has 6 heteroatoms. The zero-order chi connectivity index (χ0) is 75.3. The first-order valence-corrected chi connectivity index (χ1v) is 40.5. The number of benzene rings is 10. The van der Waals surface area contributed by atoms with E-state index in [0.29, 0.717) is 11.3 Å². The molecule has 3 aromatic heterocycles. The summed E-state index contributed by atoms with van der Waals surface area (Å²) >= 11 is 0. The van der Waals surface area contributed by atoms with E-state index in [-0.39, 0.29) is 92.8 Å². The van der Waals surface area contributed by atoms with E-state index in [1.54, 1.807) is 0 Å². The van der Waals surface area contributed by atoms with Crippen LogP contribution in [0.4, 0.5) is 0 Å². The third-order valence-corrected chi connectivity index (χ3v) is 27.9. The number of fused-ring (bicyclic) bond motifs is 9. The fourth-order valence-corrected chi connectivity index (χ4v) is 20.8. The maximum atomic E-state index is 4.99. The van der Waals surface area contributed by atoms with Gasteiger partial charge < -0.3 is 15.0 Å². The Morgan fingerprint density at radius 1 is 0.304 bits per heavy atom. The molecule has 0 saturated heterocycles. The maximum Gasteiger partial charge on any atom is 0.0198 e. The van der Waals surface area contributed by atoms with Crippen molar-refractivity contribution in [2.24, 2.45) is 11.3 Å². The largest absolute Gasteiger partial charge is 0.304 e. The van der Waals surface area contributed by atoms with E-state index >= 15 is 0 Å². The van der Waals surface area contributed by atoms with Gasteiger partial charge in [-0.2, -0.15) is 0 Å². The van der Waals surface area contributed by atoms with Crippen molar-refractivity contribution in [2.45, 2.75) is 200 Å². The fraction of sp³-hybridized carbons (Fsp3) is 0.311. The van der Waals surface area contributed by atoms with Gasteiger partial charge in [0.15, 0.2) is 0 Å². The van der Waals surface area contributed by atoms with Crippen molar-refractivity contribution in [2.75, 3.05) is 0 Å². The smallest absolute Gasteiger partial charge is 0.0198 e. The van der Waals surface area contributed by atoms with Gasteiger partial charge in [-0.25, -0.2) is 0 Å². The van der Waals surface area contributed by atoms with E-state index in [0.717, 1.165) is 46.1 Å². The molecule has 3 radical (unpaired) electrons. The van der Waals surface area contributed by atoms with Crippen LogP contribution in [0, 0.1) is 29.5 Å². The van der Waals surface area contributed by atoms with Crippen LogP contribution in [0.25, 0.3) is 77.9 Å². The standard InChI is InChI=1S/C37H34N.C36H36N.C33H32N.3Ir/c1-36(2)32-19-17-27(35-22-25-11-5-6-12-28(25)23-38-35)21-34(32)37(3,4)31-18-16-26(20-33(31)36)30-15-9-13-24-10-7-8-14-29(24)30;1-34(2)26-16-25-19-33(37-21-27(25)30(34)20-26)24-13-15-29-32(18-24)36(5,6)28-14-12-23(17-31(28)35(29,3)4)22-10-8-7-9-11-22;1-32(2)28-17-15-25(31-20-23-12-8-9-13-26(23)21-34-31)19-30(28)33(3,4)27-16-14-24(18-29(27)32)22-10-6-5-7-11-22;;;/h7-10,13-16,18-23H,5-6,11-12H2,1-4H3;7-12,14-15,17-19,21,26,30H,16,20H2,1-6H3;5-7,10-11,14,16-21H,8-9,12-13H2,1-4H3;;;/q3*-1;;;. The Labute approximate surface area is 707 Å². The van der Waals surface area contributed by atoms with E-state index in [9.17, 15) is 0 Å². The van der Waals surface area contributed by atoms with Crippen LogP contribution in [0.3, 0.4) is 0 Å². The van der Waals surface area contributed by atoms with Gasteiger partial charge in [-0.3, -0.25) is 0 Å². The summed E-state index contributed by atoms with van der Waals surface area (Å²) in [6.45, 7) is 33.3. The summed E-state index contributed by atoms with van der Waals surface area (Å²) < 4.78 is 0. The quantitative estimate of drug-likeness (QED) is 0.156. The summed E-state index contributed by atoms with van der Waals surface area (Å²) in [6.07, 6.45) is 18.7. The van der Waals surface area contributed by atoms with Crippen molar-refractivity contribution in [1.29, 1.82) is 0 Å². The number of pyridine rings is 3. The summed E-state index contributed by atoms with van der Waals surface area (Å²) in [7, 11) is 0. The van der Waals surface area contributed by atoms with Crippen molar-refractivity contribution in [3.05, 3.63) is 349 Å². The Kier molecular flexibility index (Phi) is 20.9. The number of hydrogen-bond acceptors (Lipinski definition) is 3. The summed E-state index contributed by atoms with van der Waals surface area (Å²) in [5, 5.41) is 2.59. The van der Waals surface area contributed by atoms with Crippen molar-refractivity contribution < 1.29 is 60.3 Å². The van der Waals surface area contributed by atoms with Crippen molar-refractivity contribution in [3.63, 3.8) is 0 Å². The van der Waals surface area contributed by atoms with Crippen LogP contribution < -0.4 is 0 Å². The molecule has 8 aliphatic rings. The summed E-state index contributed by atoms with van der Waals surface area (Å²) in [4.78, 5) is 14.7. The van der Waals surface area contributed by atoms with Gasteiger partial charge in [0.25, 0.3) is 0 Å². The molecule has 13 aromatic rings. The Morgan fingerprint density at radius 2 is 0.661 bits per heavy atom. The summed E-state index contributed by atoms with van der Waals surface area (Å²) in [5.41, 5.74) is 39.6. The Morgan fingerprint density at radius 3 is 1.10 bits per heavy atom. The maximum absolute atomic E-state index is 4.99. The molecule has 1 fully saturated rings. The van der Waals surface area contributed by atoms with Crippen LogP contribution in [-0.2, 0) is 125 Å². The van der Waals surface area contributed by atoms with Crippen LogP contribution in [-0.4, -0.2) is 15.0 Å². The zero-order valence-corrected chi connectivity index (χ0v) is 74.7. The SMILES string of the molecule is CC1(C)c2ccc(-c3cccc4ccccc34)cc2C(C)(C)c2c[c-]c(-c3cc4c(cn3)CCCC4)cc21.CC1(C)c2ccc(-c3ccccc3)cc2C(C)(C)c2c[c-]c(-c3cc4c(cn3)C3CC(C4)C3(C)C)cc21.CC1(C)c2ccc(-c3ccccc3)cc2C(C)(C)c2c[c-]c(-c3cc4c(cn3)CCCC4)cc21.[Ir].[Ir].[Ir]. The van der Waals surface area contributed by atoms with Gasteiger partial charge in [-0.15, -0.1) is 105 Å². The van der Waals surface area contributed by atoms with Gasteiger partial charge in [0, 0.05) is 78.9 Å². The topological polar surface area (TPSA) is 38.7 Å². The van der Waals surface area contributed by atoms with E-state index in [1.165, 1.54) is 202 Å². The van der Waals surface area contributed by atoms with Crippen LogP contribution in [0.2, 0.25) is 0 Å². The Bertz CT molecular complexity index is 5810. The summed E-state index contributed by atoms with van der Waals surface area (Å²) in [6, 6.07) is 89.8. The number of nitrogens with zero attached hydrogens (tertiary/aromatic N) is 3. The van der Waals surface area contributed by atoms with Gasteiger partial charge >= 0.3 is 0 Å². The summed E-state index contributed by atoms with van der Waals surface area (Å²) in [5.74, 6) is 1.48. The molecular formula is C106H102Ir3N3-3. The Hall–Kier alpha value is -8.14. The second kappa shape index (κ2) is 29.6. The molecule has 112 heavy (non-hydrogen) atoms. The predicted molar refractivity (Wildman–Crippen MR) is 453 cm³/mol. The molecule has 0 aliphatic heterocycles. The van der Waals surface area contributed by atoms with E-state index in [2.05, 4.69) is 346 Å². The normalized spacial score (nSPS) is 18.7. The molecule has 10 aromatic carbocycles. The molecular weight excluding hydrogens is 1890 g/mol. The van der Waals surface area contributed by atoms with Gasteiger partial charge in [-0.1, -0.05) is 284 Å². The minimum Gasteiger partial charge on any atom is -0.304 e. The van der Waals surface area contributed by atoms with E-state index in [1.807, 2.05) is 0 Å². The second-order valence-electron chi connectivity index (χ2n) is 36.7. The third kappa shape index (κ3) is 13.2. The minimum atomic E-state index is -0.126. The van der Waals surface area contributed by atoms with E-state index in [4.69, 9.17) is 15.0 Å². The van der Waals surface area contributed by atoms with Crippen LogP contribution >= 0.6 is 0 Å². The first-order chi connectivity index (χ1) is 52.3. The zero-order valence-electron chi connectivity index (χ0n) is 67.5. The van der Waals surface area contributed by atoms with Gasteiger partial charge in [0.05, 0.1) is 0 Å². The van der Waals surface area contributed by atoms with Gasteiger partial charge in [0.1, 0.15) is 0 Å². The van der Waals surface area contributed by atoms with Gasteiger partial charge in [-0.05, 0) is 231 Å². The average molecular weight is 1990 g/mol. The van der Waals surface area contributed by atoms with E-state index < -0.39 is 0 Å². The predicted octanol–water partition coefficient (Wildman–Crippen LogP) is 26.1. The first-order valence-electron chi connectivity index (χ1n) is 40.5. The minimum absolute atomic E-state index is 0. The van der Waals surface area contributed by atoms with Crippen LogP contribution in [0.15, 0.2) is 231 Å². The molecule has 3 nitrogen and oxygen atoms in total. The third-order valence-electron chi connectivity index (χ3n) is 27.9. The molecule has 571 valence electrons. The number of aromatic nitrogens is 3. The molecule has 2 unspecified atom stereocenters. The molecule has 21 rings (SSSR count). The van der Waals surface area contributed by atoms with Crippen molar-refractivity contribution in [3.8, 4) is 67.2 Å². The molecule has 1 saturated carbocycles. The van der Waals surface area contributed by atoms with Crippen molar-refractivity contribution in [1.82, 2.24) is 15.0 Å². The molecule has 0 N–H and O–H groups in total. The molecule has 0 spiro atoms. The van der Waals surface area contributed by atoms with Crippen molar-refractivity contribution >= 4 is 10.8 Å².